The van der Waals surface area contributed by atoms with E-state index in [9.17, 15) is 0 Å². The second kappa shape index (κ2) is 3.25. The van der Waals surface area contributed by atoms with E-state index in [4.69, 9.17) is 0 Å². The number of halogens is 3. The van der Waals surface area contributed by atoms with Crippen LogP contribution in [0, 0.1) is 3.57 Å². The summed E-state index contributed by atoms with van der Waals surface area (Å²) in [6, 6.07) is 0. The Balaban J connectivity index is 2.93. The first kappa shape index (κ1) is 8.93. The zero-order valence-corrected chi connectivity index (χ0v) is 12.0. The van der Waals surface area contributed by atoms with Crippen LogP contribution < -0.4 is 0 Å². The first-order valence-corrected chi connectivity index (χ1v) is 7.06. The molecule has 0 amide bonds. The number of rotatable bonds is 0. The predicted octanol–water partition coefficient (Wildman–Crippen LogP) is 5.09. The summed E-state index contributed by atoms with van der Waals surface area (Å²) < 4.78 is 5.15. The van der Waals surface area contributed by atoms with Gasteiger partial charge in [-0.25, -0.2) is 0 Å². The molecule has 0 radical (unpaired) electrons. The molecule has 58 valence electrons. The molecule has 0 atom stereocenters. The van der Waals surface area contributed by atoms with Crippen molar-refractivity contribution in [3.05, 3.63) is 16.5 Å². The van der Waals surface area contributed by atoms with E-state index in [1.54, 1.807) is 22.7 Å². The van der Waals surface area contributed by atoms with Crippen LogP contribution in [0.4, 0.5) is 0 Å². The third kappa shape index (κ3) is 1.43. The van der Waals surface area contributed by atoms with Crippen LogP contribution in [0.3, 0.4) is 0 Å². The second-order valence-electron chi connectivity index (χ2n) is 1.94. The highest BCUT2D eigenvalue weighted by atomic mass is 127. The smallest absolute Gasteiger partial charge is 0.0877 e. The molecule has 0 aliphatic heterocycles. The molecule has 2 aromatic rings. The van der Waals surface area contributed by atoms with Crippen LogP contribution in [0.1, 0.15) is 0 Å². The van der Waals surface area contributed by atoms with Crippen molar-refractivity contribution in [2.24, 2.45) is 0 Å². The van der Waals surface area contributed by atoms with Gasteiger partial charge in [-0.15, -0.1) is 22.7 Å². The van der Waals surface area contributed by atoms with Crippen LogP contribution >= 0.6 is 77.1 Å². The minimum Gasteiger partial charge on any atom is -0.135 e. The molecular formula is C6HBr2IS2. The van der Waals surface area contributed by atoms with Crippen molar-refractivity contribution in [1.82, 2.24) is 0 Å². The summed E-state index contributed by atoms with van der Waals surface area (Å²) in [4.78, 5) is 0. The van der Waals surface area contributed by atoms with Gasteiger partial charge in [0.05, 0.1) is 12.3 Å². The molecule has 0 aliphatic carbocycles. The van der Waals surface area contributed by atoms with Gasteiger partial charge >= 0.3 is 0 Å². The quantitative estimate of drug-likeness (QED) is 0.517. The van der Waals surface area contributed by atoms with Crippen LogP contribution in [-0.2, 0) is 0 Å². The summed E-state index contributed by atoms with van der Waals surface area (Å²) in [5.74, 6) is 0. The van der Waals surface area contributed by atoms with Crippen molar-refractivity contribution in [3.8, 4) is 0 Å². The zero-order chi connectivity index (χ0) is 8.01. The van der Waals surface area contributed by atoms with Gasteiger partial charge in [-0.1, -0.05) is 0 Å². The van der Waals surface area contributed by atoms with Crippen LogP contribution in [0.15, 0.2) is 13.0 Å². The van der Waals surface area contributed by atoms with Crippen molar-refractivity contribution in [3.63, 3.8) is 0 Å². The van der Waals surface area contributed by atoms with Crippen LogP contribution in [0.25, 0.3) is 10.1 Å². The van der Waals surface area contributed by atoms with Crippen molar-refractivity contribution in [1.29, 1.82) is 0 Å². The fraction of sp³-hybridized carbons (Fsp3) is 0. The highest BCUT2D eigenvalue weighted by molar-refractivity contribution is 14.1. The molecule has 0 aliphatic rings. The summed E-state index contributed by atoms with van der Waals surface area (Å²) in [5, 5.41) is 3.54. The molecule has 0 unspecified atom stereocenters. The Morgan fingerprint density at radius 2 is 2.00 bits per heavy atom. The first-order chi connectivity index (χ1) is 5.20. The van der Waals surface area contributed by atoms with Gasteiger partial charge in [0.2, 0.25) is 0 Å². The summed E-state index contributed by atoms with van der Waals surface area (Å²) >= 11 is 12.9. The lowest BCUT2D eigenvalue weighted by Crippen LogP contribution is -1.58. The number of fused-ring (bicyclic) bond motifs is 1. The molecule has 2 aromatic heterocycles. The molecule has 0 saturated carbocycles. The molecule has 0 N–H and O–H groups in total. The molecule has 0 saturated heterocycles. The van der Waals surface area contributed by atoms with Gasteiger partial charge < -0.3 is 0 Å². The van der Waals surface area contributed by atoms with Gasteiger partial charge in [0.1, 0.15) is 0 Å². The largest absolute Gasteiger partial charge is 0.135 e. The number of hydrogen-bond donors (Lipinski definition) is 0. The third-order valence-corrected chi connectivity index (χ3v) is 7.54. The number of thiophene rings is 2. The summed E-state index contributed by atoms with van der Waals surface area (Å²) in [7, 11) is 0. The van der Waals surface area contributed by atoms with E-state index in [-0.39, 0.29) is 0 Å². The Kier molecular flexibility index (Phi) is 2.64. The van der Waals surface area contributed by atoms with Crippen molar-refractivity contribution >= 4 is 87.2 Å². The third-order valence-electron chi connectivity index (χ3n) is 1.30. The topological polar surface area (TPSA) is 0 Å². The number of hydrogen-bond acceptors (Lipinski definition) is 2. The molecule has 5 heteroatoms. The van der Waals surface area contributed by atoms with Crippen LogP contribution in [-0.4, -0.2) is 0 Å². The van der Waals surface area contributed by atoms with Gasteiger partial charge in [-0.05, 0) is 54.5 Å². The van der Waals surface area contributed by atoms with Gasteiger partial charge in [-0.3, -0.25) is 0 Å². The maximum Gasteiger partial charge on any atom is 0.0877 e. The Morgan fingerprint density at radius 3 is 2.64 bits per heavy atom. The van der Waals surface area contributed by atoms with Crippen LogP contribution in [0.2, 0.25) is 0 Å². The van der Waals surface area contributed by atoms with Crippen LogP contribution in [0.5, 0.6) is 0 Å². The van der Waals surface area contributed by atoms with E-state index >= 15 is 0 Å². The molecule has 2 rings (SSSR count). The maximum absolute atomic E-state index is 3.52. The monoisotopic (exact) mass is 422 g/mol. The summed E-state index contributed by atoms with van der Waals surface area (Å²) in [6.45, 7) is 0. The summed E-state index contributed by atoms with van der Waals surface area (Å²) in [5.41, 5.74) is 0. The fourth-order valence-corrected chi connectivity index (χ4v) is 5.14. The molecule has 0 bridgehead atoms. The Hall–Kier alpha value is 1.35. The fourth-order valence-electron chi connectivity index (χ4n) is 0.810. The molecule has 0 fully saturated rings. The highest BCUT2D eigenvalue weighted by Crippen LogP contribution is 2.43. The highest BCUT2D eigenvalue weighted by Gasteiger charge is 2.10. The second-order valence-corrected chi connectivity index (χ2v) is 7.56. The van der Waals surface area contributed by atoms with Crippen molar-refractivity contribution in [2.75, 3.05) is 0 Å². The molecule has 11 heavy (non-hydrogen) atoms. The van der Waals surface area contributed by atoms with Crippen molar-refractivity contribution < 1.29 is 0 Å². The van der Waals surface area contributed by atoms with Gasteiger partial charge in [0, 0.05) is 14.3 Å². The van der Waals surface area contributed by atoms with E-state index in [2.05, 4.69) is 59.8 Å². The molecule has 0 aromatic carbocycles. The molecule has 0 nitrogen and oxygen atoms in total. The Labute approximate surface area is 102 Å². The predicted molar refractivity (Wildman–Crippen MR) is 67.8 cm³/mol. The first-order valence-electron chi connectivity index (χ1n) is 2.70. The van der Waals surface area contributed by atoms with Gasteiger partial charge in [0.15, 0.2) is 0 Å². The molecule has 2 heterocycles. The van der Waals surface area contributed by atoms with Crippen molar-refractivity contribution in [2.45, 2.75) is 0 Å². The van der Waals surface area contributed by atoms with E-state index in [1.807, 2.05) is 0 Å². The minimum atomic E-state index is 1.23. The Morgan fingerprint density at radius 1 is 1.27 bits per heavy atom. The van der Waals surface area contributed by atoms with Gasteiger partial charge in [0.25, 0.3) is 0 Å². The van der Waals surface area contributed by atoms with E-state index < -0.39 is 0 Å². The lowest BCUT2D eigenvalue weighted by molar-refractivity contribution is 1.94. The van der Waals surface area contributed by atoms with E-state index in [1.165, 1.54) is 21.2 Å². The average Bonchev–Trinajstić information content (AvgIpc) is 2.43. The van der Waals surface area contributed by atoms with E-state index in [0.29, 0.717) is 0 Å². The average molecular weight is 424 g/mol. The van der Waals surface area contributed by atoms with E-state index in [0.717, 1.165) is 0 Å². The summed E-state index contributed by atoms with van der Waals surface area (Å²) in [6.07, 6.45) is 0. The zero-order valence-electron chi connectivity index (χ0n) is 5.03. The van der Waals surface area contributed by atoms with Gasteiger partial charge in [-0.2, -0.15) is 0 Å². The Bertz CT molecular complexity index is 404. The lowest BCUT2D eigenvalue weighted by Gasteiger charge is -1.79. The SMILES string of the molecule is Brc1sc2c(Br)scc2c1I. The minimum absolute atomic E-state index is 1.23. The lowest BCUT2D eigenvalue weighted by atomic mass is 10.4. The normalized spacial score (nSPS) is 11.2. The standard InChI is InChI=1S/C6HBr2IS2/c7-5-3(9)2-1-10-6(8)4(2)11-5/h1H. The molecular weight excluding hydrogens is 423 g/mol. The molecule has 0 spiro atoms. The maximum atomic E-state index is 3.52.